The van der Waals surface area contributed by atoms with E-state index < -0.39 is 18.6 Å². The molecule has 1 spiro atoms. The van der Waals surface area contributed by atoms with Crippen molar-refractivity contribution >= 4 is 28.9 Å². The molecule has 1 aliphatic carbocycles. The first kappa shape index (κ1) is 24.3. The molecule has 34 heavy (non-hydrogen) atoms. The largest absolute Gasteiger partial charge is 0.408 e. The van der Waals surface area contributed by atoms with Crippen LogP contribution >= 0.6 is 0 Å². The van der Waals surface area contributed by atoms with Crippen molar-refractivity contribution in [1.29, 1.82) is 0 Å². The van der Waals surface area contributed by atoms with Crippen LogP contribution in [0.2, 0.25) is 0 Å². The Hall–Kier alpha value is -2.82. The molecular formula is C23H31F3N6O2. The van der Waals surface area contributed by atoms with E-state index in [-0.39, 0.29) is 17.3 Å². The first-order valence-electron chi connectivity index (χ1n) is 11.7. The van der Waals surface area contributed by atoms with Gasteiger partial charge in [-0.3, -0.25) is 19.2 Å². The van der Waals surface area contributed by atoms with Gasteiger partial charge in [0, 0.05) is 49.3 Å². The molecule has 11 heteroatoms. The number of amides is 2. The average Bonchev–Trinajstić information content (AvgIpc) is 3.16. The van der Waals surface area contributed by atoms with Crippen LogP contribution < -0.4 is 16.0 Å². The second-order valence-electron chi connectivity index (χ2n) is 9.20. The Morgan fingerprint density at radius 1 is 1.32 bits per heavy atom. The molecule has 3 aliphatic rings. The third-order valence-corrected chi connectivity index (χ3v) is 7.30. The molecular weight excluding hydrogens is 449 g/mol. The second kappa shape index (κ2) is 9.44. The molecule has 2 aromatic rings. The van der Waals surface area contributed by atoms with Crippen LogP contribution in [0.4, 0.5) is 18.9 Å². The van der Waals surface area contributed by atoms with Gasteiger partial charge in [0.2, 0.25) is 6.41 Å². The third kappa shape index (κ3) is 4.45. The lowest BCUT2D eigenvalue weighted by Gasteiger charge is -2.58. The predicted molar refractivity (Wildman–Crippen MR) is 123 cm³/mol. The fourth-order valence-electron chi connectivity index (χ4n) is 5.50. The van der Waals surface area contributed by atoms with Crippen molar-refractivity contribution in [3.63, 3.8) is 0 Å². The van der Waals surface area contributed by atoms with Gasteiger partial charge in [0.1, 0.15) is 6.54 Å². The highest BCUT2D eigenvalue weighted by Crippen LogP contribution is 2.57. The minimum atomic E-state index is -4.41. The SMILES string of the molecule is CCCNC=O.CNc1ccc2c(c1)c(C(=O)NC1CN3CCC34CCC14)nn2CC(F)(F)F. The van der Waals surface area contributed by atoms with Crippen LogP contribution in [0.1, 0.15) is 43.1 Å². The molecule has 0 radical (unpaired) electrons. The zero-order chi connectivity index (χ0) is 24.5. The number of nitrogens with one attached hydrogen (secondary N) is 3. The summed E-state index contributed by atoms with van der Waals surface area (Å²) in [4.78, 5) is 24.9. The van der Waals surface area contributed by atoms with E-state index in [0.29, 0.717) is 23.2 Å². The van der Waals surface area contributed by atoms with E-state index >= 15 is 0 Å². The number of rotatable bonds is 7. The molecule has 1 saturated carbocycles. The van der Waals surface area contributed by atoms with Crippen LogP contribution in [0.25, 0.3) is 10.9 Å². The monoisotopic (exact) mass is 480 g/mol. The fraction of sp³-hybridized carbons (Fsp3) is 0.609. The Kier molecular flexibility index (Phi) is 6.75. The molecule has 1 aromatic heterocycles. The normalized spacial score (nSPS) is 25.2. The van der Waals surface area contributed by atoms with Crippen LogP contribution in [0.3, 0.4) is 0 Å². The Balaban J connectivity index is 0.000000408. The Labute approximate surface area is 196 Å². The summed E-state index contributed by atoms with van der Waals surface area (Å²) in [5.41, 5.74) is 1.35. The maximum absolute atomic E-state index is 13.0. The number of benzene rings is 1. The van der Waals surface area contributed by atoms with Crippen molar-refractivity contribution in [1.82, 2.24) is 25.3 Å². The zero-order valence-corrected chi connectivity index (χ0v) is 19.4. The lowest BCUT2D eigenvalue weighted by Crippen LogP contribution is -2.64. The van der Waals surface area contributed by atoms with Crippen LogP contribution in [0, 0.1) is 5.92 Å². The number of alkyl halides is 3. The molecule has 2 saturated heterocycles. The summed E-state index contributed by atoms with van der Waals surface area (Å²) >= 11 is 0. The molecule has 2 aliphatic heterocycles. The van der Waals surface area contributed by atoms with Crippen molar-refractivity contribution in [2.45, 2.75) is 56.9 Å². The molecule has 3 fully saturated rings. The van der Waals surface area contributed by atoms with Gasteiger partial charge in [-0.05, 0) is 49.8 Å². The lowest BCUT2D eigenvalue weighted by molar-refractivity contribution is -0.141. The summed E-state index contributed by atoms with van der Waals surface area (Å²) in [6.07, 6.45) is 0.763. The number of hydrogen-bond acceptors (Lipinski definition) is 5. The van der Waals surface area contributed by atoms with Gasteiger partial charge < -0.3 is 16.0 Å². The van der Waals surface area contributed by atoms with E-state index in [2.05, 4.69) is 25.9 Å². The van der Waals surface area contributed by atoms with Crippen molar-refractivity contribution < 1.29 is 22.8 Å². The number of fused-ring (bicyclic) bond motifs is 1. The number of carbonyl (C=O) groups excluding carboxylic acids is 2. The number of hydrogen-bond donors (Lipinski definition) is 3. The molecule has 5 rings (SSSR count). The Morgan fingerprint density at radius 3 is 2.62 bits per heavy atom. The van der Waals surface area contributed by atoms with Crippen molar-refractivity contribution in [2.75, 3.05) is 32.0 Å². The molecule has 186 valence electrons. The fourth-order valence-corrected chi connectivity index (χ4v) is 5.50. The van der Waals surface area contributed by atoms with Crippen molar-refractivity contribution in [3.8, 4) is 0 Å². The van der Waals surface area contributed by atoms with Gasteiger partial charge in [-0.25, -0.2) is 0 Å². The van der Waals surface area contributed by atoms with Crippen molar-refractivity contribution in [2.24, 2.45) is 5.92 Å². The van der Waals surface area contributed by atoms with Crippen LogP contribution in [-0.2, 0) is 11.3 Å². The topological polar surface area (TPSA) is 91.3 Å². The summed E-state index contributed by atoms with van der Waals surface area (Å²) in [6.45, 7) is 3.47. The predicted octanol–water partition coefficient (Wildman–Crippen LogP) is 2.75. The first-order chi connectivity index (χ1) is 16.2. The second-order valence-corrected chi connectivity index (χ2v) is 9.20. The van der Waals surface area contributed by atoms with Gasteiger partial charge in [-0.1, -0.05) is 6.92 Å². The van der Waals surface area contributed by atoms with Gasteiger partial charge >= 0.3 is 6.18 Å². The first-order valence-corrected chi connectivity index (χ1v) is 11.7. The quantitative estimate of drug-likeness (QED) is 0.419. The molecule has 3 unspecified atom stereocenters. The smallest absolute Gasteiger partial charge is 0.388 e. The molecule has 3 atom stereocenters. The molecule has 3 N–H and O–H groups in total. The molecule has 1 aromatic carbocycles. The molecule has 0 bridgehead atoms. The van der Waals surface area contributed by atoms with Crippen LogP contribution in [-0.4, -0.2) is 71.4 Å². The highest BCUT2D eigenvalue weighted by Gasteiger charge is 2.63. The van der Waals surface area contributed by atoms with Gasteiger partial charge in [-0.2, -0.15) is 18.3 Å². The standard InChI is InChI=1S/C19H22F3N5O.C4H9NO/c1-23-11-2-3-15-12(8-11)16(25-27(15)10-19(20,21)22)17(28)24-14-9-26-7-6-18(26)5-4-13(14)18;1-2-3-5-4-6/h2-3,8,13-14,23H,4-7,9-10H2,1H3,(H,24,28);4H,2-3H2,1H3,(H,5,6). The minimum Gasteiger partial charge on any atom is -0.388 e. The number of halogens is 3. The molecule has 2 amide bonds. The van der Waals surface area contributed by atoms with E-state index in [0.717, 1.165) is 42.8 Å². The Bertz CT molecular complexity index is 1050. The van der Waals surface area contributed by atoms with E-state index in [1.165, 1.54) is 12.8 Å². The van der Waals surface area contributed by atoms with E-state index in [1.54, 1.807) is 25.2 Å². The number of carbonyl (C=O) groups is 2. The van der Waals surface area contributed by atoms with Crippen molar-refractivity contribution in [3.05, 3.63) is 23.9 Å². The van der Waals surface area contributed by atoms with E-state index in [1.807, 2.05) is 6.92 Å². The molecule has 3 heterocycles. The van der Waals surface area contributed by atoms with Crippen LogP contribution in [0.5, 0.6) is 0 Å². The summed E-state index contributed by atoms with van der Waals surface area (Å²) in [5.74, 6) is 0.0512. The van der Waals surface area contributed by atoms with E-state index in [9.17, 15) is 22.8 Å². The number of aromatic nitrogens is 2. The zero-order valence-electron chi connectivity index (χ0n) is 19.4. The maximum atomic E-state index is 13.0. The van der Waals surface area contributed by atoms with Gasteiger partial charge in [0.05, 0.1) is 5.52 Å². The maximum Gasteiger partial charge on any atom is 0.408 e. The number of nitrogens with zero attached hydrogens (tertiary/aromatic N) is 3. The average molecular weight is 481 g/mol. The summed E-state index contributed by atoms with van der Waals surface area (Å²) in [5, 5.41) is 13.0. The summed E-state index contributed by atoms with van der Waals surface area (Å²) < 4.78 is 39.8. The lowest BCUT2D eigenvalue weighted by atomic mass is 9.61. The molecule has 8 nitrogen and oxygen atoms in total. The van der Waals surface area contributed by atoms with Gasteiger partial charge in [-0.15, -0.1) is 0 Å². The minimum absolute atomic E-state index is 0.0408. The number of anilines is 1. The Morgan fingerprint density at radius 2 is 2.12 bits per heavy atom. The van der Waals surface area contributed by atoms with Crippen LogP contribution in [0.15, 0.2) is 18.2 Å². The third-order valence-electron chi connectivity index (χ3n) is 7.30. The summed E-state index contributed by atoms with van der Waals surface area (Å²) in [7, 11) is 1.72. The van der Waals surface area contributed by atoms with E-state index in [4.69, 9.17) is 0 Å². The van der Waals surface area contributed by atoms with Gasteiger partial charge in [0.15, 0.2) is 5.69 Å². The highest BCUT2D eigenvalue weighted by atomic mass is 19.4. The summed E-state index contributed by atoms with van der Waals surface area (Å²) in [6, 6.07) is 4.97. The van der Waals surface area contributed by atoms with Gasteiger partial charge in [0.25, 0.3) is 5.91 Å². The highest BCUT2D eigenvalue weighted by molar-refractivity contribution is 6.05.